The highest BCUT2D eigenvalue weighted by Crippen LogP contribution is 2.16. The fourth-order valence-corrected chi connectivity index (χ4v) is 1.80. The SMILES string of the molecule is CC(=O)OCc1ccc(OCc2ccccc2C)cc1. The molecule has 3 heteroatoms. The van der Waals surface area contributed by atoms with Gasteiger partial charge in [-0.1, -0.05) is 36.4 Å². The molecule has 2 aromatic rings. The van der Waals surface area contributed by atoms with Gasteiger partial charge in [0.1, 0.15) is 19.0 Å². The molecule has 0 bridgehead atoms. The lowest BCUT2D eigenvalue weighted by Gasteiger charge is -2.09. The van der Waals surface area contributed by atoms with E-state index in [-0.39, 0.29) is 5.97 Å². The highest BCUT2D eigenvalue weighted by atomic mass is 16.5. The molecule has 0 aliphatic heterocycles. The van der Waals surface area contributed by atoms with Crippen LogP contribution in [0.25, 0.3) is 0 Å². The van der Waals surface area contributed by atoms with Crippen molar-refractivity contribution in [2.75, 3.05) is 0 Å². The van der Waals surface area contributed by atoms with Gasteiger partial charge in [-0.3, -0.25) is 4.79 Å². The zero-order chi connectivity index (χ0) is 14.4. The third-order valence-corrected chi connectivity index (χ3v) is 3.02. The van der Waals surface area contributed by atoms with Crippen molar-refractivity contribution in [2.24, 2.45) is 0 Å². The number of ether oxygens (including phenoxy) is 2. The molecule has 104 valence electrons. The highest BCUT2D eigenvalue weighted by molar-refractivity contribution is 5.65. The van der Waals surface area contributed by atoms with Crippen molar-refractivity contribution in [1.29, 1.82) is 0 Å². The number of rotatable bonds is 5. The van der Waals surface area contributed by atoms with Gasteiger partial charge in [0.05, 0.1) is 0 Å². The third kappa shape index (κ3) is 4.12. The molecule has 20 heavy (non-hydrogen) atoms. The van der Waals surface area contributed by atoms with Crippen LogP contribution in [-0.2, 0) is 22.7 Å². The third-order valence-electron chi connectivity index (χ3n) is 3.02. The number of carbonyl (C=O) groups is 1. The molecule has 2 aromatic carbocycles. The fourth-order valence-electron chi connectivity index (χ4n) is 1.80. The van der Waals surface area contributed by atoms with E-state index in [0.717, 1.165) is 11.3 Å². The summed E-state index contributed by atoms with van der Waals surface area (Å²) in [7, 11) is 0. The number of carbonyl (C=O) groups excluding carboxylic acids is 1. The standard InChI is InChI=1S/C17H18O3/c1-13-5-3-4-6-16(13)12-20-17-9-7-15(8-10-17)11-19-14(2)18/h3-10H,11-12H2,1-2H3. The largest absolute Gasteiger partial charge is 0.489 e. The number of aryl methyl sites for hydroxylation is 1. The van der Waals surface area contributed by atoms with E-state index in [0.29, 0.717) is 13.2 Å². The van der Waals surface area contributed by atoms with Gasteiger partial charge in [0.25, 0.3) is 0 Å². The van der Waals surface area contributed by atoms with Gasteiger partial charge >= 0.3 is 5.97 Å². The Morgan fingerprint density at radius 2 is 1.70 bits per heavy atom. The molecular weight excluding hydrogens is 252 g/mol. The summed E-state index contributed by atoms with van der Waals surface area (Å²) in [5.74, 6) is 0.532. The molecule has 3 nitrogen and oxygen atoms in total. The van der Waals surface area contributed by atoms with E-state index in [4.69, 9.17) is 9.47 Å². The van der Waals surface area contributed by atoms with Crippen LogP contribution in [0.5, 0.6) is 5.75 Å². The summed E-state index contributed by atoms with van der Waals surface area (Å²) in [4.78, 5) is 10.7. The van der Waals surface area contributed by atoms with Crippen molar-refractivity contribution in [2.45, 2.75) is 27.1 Å². The van der Waals surface area contributed by atoms with E-state index in [1.807, 2.05) is 36.4 Å². The molecule has 0 radical (unpaired) electrons. The molecule has 0 aliphatic rings. The zero-order valence-corrected chi connectivity index (χ0v) is 11.8. The molecule has 0 spiro atoms. The van der Waals surface area contributed by atoms with Crippen LogP contribution in [0, 0.1) is 6.92 Å². The van der Waals surface area contributed by atoms with Gasteiger partial charge in [-0.25, -0.2) is 0 Å². The van der Waals surface area contributed by atoms with Crippen LogP contribution in [0.2, 0.25) is 0 Å². The number of hydrogen-bond acceptors (Lipinski definition) is 3. The van der Waals surface area contributed by atoms with Gasteiger partial charge in [0, 0.05) is 6.92 Å². The van der Waals surface area contributed by atoms with Crippen molar-refractivity contribution in [3.63, 3.8) is 0 Å². The maximum absolute atomic E-state index is 10.7. The molecule has 0 atom stereocenters. The van der Waals surface area contributed by atoms with Crippen molar-refractivity contribution in [1.82, 2.24) is 0 Å². The summed E-state index contributed by atoms with van der Waals surface area (Å²) in [6.07, 6.45) is 0. The van der Waals surface area contributed by atoms with Gasteiger partial charge in [0.2, 0.25) is 0 Å². The van der Waals surface area contributed by atoms with Gasteiger partial charge in [-0.05, 0) is 35.7 Å². The van der Waals surface area contributed by atoms with Gasteiger partial charge in [-0.15, -0.1) is 0 Å². The lowest BCUT2D eigenvalue weighted by molar-refractivity contribution is -0.142. The smallest absolute Gasteiger partial charge is 0.302 e. The van der Waals surface area contributed by atoms with E-state index in [1.165, 1.54) is 18.1 Å². The predicted octanol–water partition coefficient (Wildman–Crippen LogP) is 3.64. The Hall–Kier alpha value is -2.29. The Bertz CT molecular complexity index is 573. The summed E-state index contributed by atoms with van der Waals surface area (Å²) < 4.78 is 10.7. The number of esters is 1. The Morgan fingerprint density at radius 1 is 1.00 bits per heavy atom. The summed E-state index contributed by atoms with van der Waals surface area (Å²) >= 11 is 0. The lowest BCUT2D eigenvalue weighted by atomic mass is 10.1. The van der Waals surface area contributed by atoms with E-state index in [9.17, 15) is 4.79 Å². The van der Waals surface area contributed by atoms with E-state index in [1.54, 1.807) is 0 Å². The summed E-state index contributed by atoms with van der Waals surface area (Å²) in [6, 6.07) is 15.7. The van der Waals surface area contributed by atoms with Gasteiger partial charge in [-0.2, -0.15) is 0 Å². The molecule has 0 aromatic heterocycles. The number of benzene rings is 2. The quantitative estimate of drug-likeness (QED) is 0.778. The van der Waals surface area contributed by atoms with Crippen LogP contribution in [0.4, 0.5) is 0 Å². The van der Waals surface area contributed by atoms with Crippen molar-refractivity contribution in [3.05, 3.63) is 65.2 Å². The minimum absolute atomic E-state index is 0.273. The van der Waals surface area contributed by atoms with E-state index in [2.05, 4.69) is 19.1 Å². The Morgan fingerprint density at radius 3 is 2.35 bits per heavy atom. The Kier molecular flexibility index (Phi) is 4.77. The van der Waals surface area contributed by atoms with Crippen LogP contribution >= 0.6 is 0 Å². The lowest BCUT2D eigenvalue weighted by Crippen LogP contribution is -2.00. The predicted molar refractivity (Wildman–Crippen MR) is 77.4 cm³/mol. The summed E-state index contributed by atoms with van der Waals surface area (Å²) in [6.45, 7) is 4.32. The molecular formula is C17H18O3. The molecule has 0 N–H and O–H groups in total. The molecule has 2 rings (SSSR count). The van der Waals surface area contributed by atoms with Crippen LogP contribution < -0.4 is 4.74 Å². The first-order valence-electron chi connectivity index (χ1n) is 6.55. The van der Waals surface area contributed by atoms with Crippen molar-refractivity contribution < 1.29 is 14.3 Å². The molecule has 0 amide bonds. The van der Waals surface area contributed by atoms with Gasteiger partial charge < -0.3 is 9.47 Å². The first kappa shape index (κ1) is 14.1. The Balaban J connectivity index is 1.91. The van der Waals surface area contributed by atoms with Crippen molar-refractivity contribution in [3.8, 4) is 5.75 Å². The van der Waals surface area contributed by atoms with E-state index >= 15 is 0 Å². The maximum atomic E-state index is 10.7. The van der Waals surface area contributed by atoms with Crippen LogP contribution in [0.15, 0.2) is 48.5 Å². The molecule has 0 fully saturated rings. The number of hydrogen-bond donors (Lipinski definition) is 0. The van der Waals surface area contributed by atoms with Gasteiger partial charge in [0.15, 0.2) is 0 Å². The minimum atomic E-state index is -0.273. The summed E-state index contributed by atoms with van der Waals surface area (Å²) in [5, 5.41) is 0. The second kappa shape index (κ2) is 6.75. The average Bonchev–Trinajstić information content (AvgIpc) is 2.45. The fraction of sp³-hybridized carbons (Fsp3) is 0.235. The van der Waals surface area contributed by atoms with Crippen LogP contribution in [0.1, 0.15) is 23.6 Å². The molecule has 0 unspecified atom stereocenters. The normalized spacial score (nSPS) is 10.1. The molecule has 0 aliphatic carbocycles. The molecule has 0 saturated heterocycles. The van der Waals surface area contributed by atoms with E-state index < -0.39 is 0 Å². The topological polar surface area (TPSA) is 35.5 Å². The Labute approximate surface area is 119 Å². The second-order valence-electron chi connectivity index (χ2n) is 4.64. The first-order valence-corrected chi connectivity index (χ1v) is 6.55. The first-order chi connectivity index (χ1) is 9.65. The second-order valence-corrected chi connectivity index (χ2v) is 4.64. The zero-order valence-electron chi connectivity index (χ0n) is 11.8. The molecule has 0 saturated carbocycles. The highest BCUT2D eigenvalue weighted by Gasteiger charge is 2.00. The van der Waals surface area contributed by atoms with Crippen LogP contribution in [0.3, 0.4) is 0 Å². The minimum Gasteiger partial charge on any atom is -0.489 e. The average molecular weight is 270 g/mol. The molecule has 0 heterocycles. The maximum Gasteiger partial charge on any atom is 0.302 e. The monoisotopic (exact) mass is 270 g/mol. The van der Waals surface area contributed by atoms with Crippen molar-refractivity contribution >= 4 is 5.97 Å². The summed E-state index contributed by atoms with van der Waals surface area (Å²) in [5.41, 5.74) is 3.35. The van der Waals surface area contributed by atoms with Crippen LogP contribution in [-0.4, -0.2) is 5.97 Å².